The molecule has 29 heavy (non-hydrogen) atoms. The lowest BCUT2D eigenvalue weighted by atomic mass is 9.97. The minimum Gasteiger partial charge on any atom is -0.478 e. The molecule has 0 fully saturated rings. The summed E-state index contributed by atoms with van der Waals surface area (Å²) in [4.78, 5) is 16.3. The number of imidazole rings is 1. The maximum Gasteiger partial charge on any atom is 0.336 e. The van der Waals surface area contributed by atoms with Crippen molar-refractivity contribution in [2.24, 2.45) is 0 Å². The molecule has 0 spiro atoms. The average molecular weight is 385 g/mol. The maximum atomic E-state index is 11.5. The average Bonchev–Trinajstić information content (AvgIpc) is 3.05. The van der Waals surface area contributed by atoms with Crippen LogP contribution in [0.15, 0.2) is 60.8 Å². The summed E-state index contributed by atoms with van der Waals surface area (Å²) in [5, 5.41) is 14.0. The van der Waals surface area contributed by atoms with Gasteiger partial charge in [0.2, 0.25) is 0 Å². The zero-order chi connectivity index (χ0) is 20.4. The normalized spacial score (nSPS) is 11.1. The van der Waals surface area contributed by atoms with Crippen LogP contribution in [0.4, 0.5) is 0 Å². The fourth-order valence-corrected chi connectivity index (χ4v) is 3.65. The summed E-state index contributed by atoms with van der Waals surface area (Å²) < 4.78 is 1.94. The highest BCUT2D eigenvalue weighted by atomic mass is 16.4. The van der Waals surface area contributed by atoms with Gasteiger partial charge in [-0.1, -0.05) is 55.8 Å². The molecule has 5 nitrogen and oxygen atoms in total. The number of rotatable bonds is 6. The van der Waals surface area contributed by atoms with E-state index < -0.39 is 5.97 Å². The van der Waals surface area contributed by atoms with Crippen LogP contribution in [0.5, 0.6) is 0 Å². The van der Waals surface area contributed by atoms with Gasteiger partial charge in [0, 0.05) is 6.42 Å². The number of carbonyl (C=O) groups is 1. The van der Waals surface area contributed by atoms with Gasteiger partial charge in [0.1, 0.15) is 0 Å². The fraction of sp³-hybridized carbons (Fsp3) is 0.208. The predicted octanol–water partition coefficient (Wildman–Crippen LogP) is 4.95. The molecule has 5 heteroatoms. The second kappa shape index (κ2) is 7.87. The molecule has 2 heterocycles. The van der Waals surface area contributed by atoms with Crippen molar-refractivity contribution in [2.45, 2.75) is 33.1 Å². The summed E-state index contributed by atoms with van der Waals surface area (Å²) >= 11 is 0. The van der Waals surface area contributed by atoms with Gasteiger partial charge in [0.05, 0.1) is 23.1 Å². The van der Waals surface area contributed by atoms with Crippen LogP contribution in [-0.2, 0) is 12.8 Å². The Morgan fingerprint density at radius 1 is 1.10 bits per heavy atom. The third kappa shape index (κ3) is 3.76. The summed E-state index contributed by atoms with van der Waals surface area (Å²) in [5.41, 5.74) is 7.26. The largest absolute Gasteiger partial charge is 0.478 e. The number of hydrogen-bond acceptors (Lipinski definition) is 3. The zero-order valence-corrected chi connectivity index (χ0v) is 16.6. The van der Waals surface area contributed by atoms with Gasteiger partial charge in [-0.15, -0.1) is 0 Å². The molecular weight excluding hydrogens is 362 g/mol. The van der Waals surface area contributed by atoms with Crippen LogP contribution in [0.2, 0.25) is 0 Å². The monoisotopic (exact) mass is 385 g/mol. The van der Waals surface area contributed by atoms with E-state index in [9.17, 15) is 9.90 Å². The second-order valence-corrected chi connectivity index (χ2v) is 7.28. The molecule has 0 unspecified atom stereocenters. The van der Waals surface area contributed by atoms with Crippen LogP contribution in [-0.4, -0.2) is 25.7 Å². The molecule has 0 atom stereocenters. The third-order valence-electron chi connectivity index (χ3n) is 5.07. The first-order chi connectivity index (χ1) is 14.1. The van der Waals surface area contributed by atoms with Crippen molar-refractivity contribution in [1.29, 1.82) is 0 Å². The molecule has 0 bridgehead atoms. The quantitative estimate of drug-likeness (QED) is 0.510. The first-order valence-electron chi connectivity index (χ1n) is 9.81. The molecule has 0 aliphatic rings. The van der Waals surface area contributed by atoms with Crippen LogP contribution >= 0.6 is 0 Å². The topological polar surface area (TPSA) is 67.5 Å². The van der Waals surface area contributed by atoms with Gasteiger partial charge >= 0.3 is 5.97 Å². The second-order valence-electron chi connectivity index (χ2n) is 7.28. The first kappa shape index (κ1) is 18.9. The number of aromatic nitrogens is 3. The Hall–Kier alpha value is -3.47. The minimum atomic E-state index is -0.916. The van der Waals surface area contributed by atoms with Crippen molar-refractivity contribution in [3.8, 4) is 11.1 Å². The van der Waals surface area contributed by atoms with Crippen LogP contribution in [0.1, 0.15) is 46.2 Å². The molecule has 0 saturated carbocycles. The van der Waals surface area contributed by atoms with Gasteiger partial charge in [0.15, 0.2) is 5.65 Å². The van der Waals surface area contributed by atoms with E-state index in [0.717, 1.165) is 58.6 Å². The van der Waals surface area contributed by atoms with E-state index in [1.165, 1.54) is 0 Å². The van der Waals surface area contributed by atoms with Crippen molar-refractivity contribution in [2.75, 3.05) is 0 Å². The number of carboxylic acids is 1. The molecule has 1 N–H and O–H groups in total. The van der Waals surface area contributed by atoms with Gasteiger partial charge in [-0.3, -0.25) is 0 Å². The highest BCUT2D eigenvalue weighted by molar-refractivity contribution is 5.95. The van der Waals surface area contributed by atoms with Crippen molar-refractivity contribution < 1.29 is 9.90 Å². The molecular formula is C24H23N3O2. The maximum absolute atomic E-state index is 11.5. The molecule has 2 aromatic heterocycles. The molecule has 4 aromatic rings. The number of aromatic carboxylic acids is 1. The molecule has 0 aliphatic heterocycles. The number of fused-ring (bicyclic) bond motifs is 1. The van der Waals surface area contributed by atoms with E-state index in [1.54, 1.807) is 12.1 Å². The van der Waals surface area contributed by atoms with Gasteiger partial charge < -0.3 is 5.11 Å². The van der Waals surface area contributed by atoms with Crippen LogP contribution in [0.3, 0.4) is 0 Å². The molecule has 0 saturated heterocycles. The van der Waals surface area contributed by atoms with E-state index in [2.05, 4.69) is 30.2 Å². The van der Waals surface area contributed by atoms with Crippen molar-refractivity contribution in [3.63, 3.8) is 0 Å². The highest BCUT2D eigenvalue weighted by Crippen LogP contribution is 2.25. The Kier molecular flexibility index (Phi) is 5.12. The van der Waals surface area contributed by atoms with E-state index in [0.29, 0.717) is 5.56 Å². The molecule has 146 valence electrons. The first-order valence-corrected chi connectivity index (χ1v) is 9.81. The summed E-state index contributed by atoms with van der Waals surface area (Å²) in [6, 6.07) is 17.2. The fourth-order valence-electron chi connectivity index (χ4n) is 3.65. The van der Waals surface area contributed by atoms with Crippen molar-refractivity contribution >= 4 is 11.6 Å². The lowest BCUT2D eigenvalue weighted by Crippen LogP contribution is -2.02. The van der Waals surface area contributed by atoms with E-state index in [1.807, 2.05) is 41.9 Å². The zero-order valence-electron chi connectivity index (χ0n) is 16.6. The number of nitrogens with zero attached hydrogens (tertiary/aromatic N) is 3. The molecule has 4 rings (SSSR count). The number of benzene rings is 2. The Morgan fingerprint density at radius 2 is 1.86 bits per heavy atom. The molecule has 0 radical (unpaired) electrons. The predicted molar refractivity (Wildman–Crippen MR) is 113 cm³/mol. The van der Waals surface area contributed by atoms with E-state index >= 15 is 0 Å². The minimum absolute atomic E-state index is 0.312. The Balaban J connectivity index is 1.68. The number of carboxylic acid groups (broad SMARTS) is 1. The number of aryl methyl sites for hydroxylation is 2. The van der Waals surface area contributed by atoms with Crippen LogP contribution < -0.4 is 0 Å². The van der Waals surface area contributed by atoms with Crippen molar-refractivity contribution in [3.05, 3.63) is 88.9 Å². The lowest BCUT2D eigenvalue weighted by Gasteiger charge is -2.08. The summed E-state index contributed by atoms with van der Waals surface area (Å²) in [5.74, 6) is -0.916. The van der Waals surface area contributed by atoms with E-state index in [4.69, 9.17) is 4.98 Å². The third-order valence-corrected chi connectivity index (χ3v) is 5.07. The summed E-state index contributed by atoms with van der Waals surface area (Å²) in [6.07, 6.45) is 4.54. The molecule has 2 aromatic carbocycles. The van der Waals surface area contributed by atoms with Gasteiger partial charge in [-0.05, 0) is 47.7 Å². The van der Waals surface area contributed by atoms with Gasteiger partial charge in [-0.2, -0.15) is 5.10 Å². The Labute approximate surface area is 169 Å². The molecule has 0 amide bonds. The van der Waals surface area contributed by atoms with E-state index in [-0.39, 0.29) is 0 Å². The number of hydrogen-bond donors (Lipinski definition) is 1. The summed E-state index contributed by atoms with van der Waals surface area (Å²) in [6.45, 7) is 4.18. The smallest absolute Gasteiger partial charge is 0.336 e. The van der Waals surface area contributed by atoms with Gasteiger partial charge in [0.25, 0.3) is 0 Å². The summed E-state index contributed by atoms with van der Waals surface area (Å²) in [7, 11) is 0. The lowest BCUT2D eigenvalue weighted by molar-refractivity contribution is 0.0697. The SMILES string of the molecule is CCCc1nc2cc(C)cnn2c1Cc1ccc(-c2ccccc2C(=O)O)cc1. The highest BCUT2D eigenvalue weighted by Gasteiger charge is 2.14. The van der Waals surface area contributed by atoms with Crippen molar-refractivity contribution in [1.82, 2.24) is 14.6 Å². The van der Waals surface area contributed by atoms with Crippen LogP contribution in [0.25, 0.3) is 16.8 Å². The Bertz CT molecular complexity index is 1180. The van der Waals surface area contributed by atoms with Gasteiger partial charge in [-0.25, -0.2) is 14.3 Å². The van der Waals surface area contributed by atoms with Crippen LogP contribution in [0, 0.1) is 6.92 Å². The standard InChI is InChI=1S/C24H23N3O2/c1-3-6-21-22(27-23(26-21)13-16(2)15-25-27)14-17-9-11-18(12-10-17)19-7-4-5-8-20(19)24(28)29/h4-5,7-13,15H,3,6,14H2,1-2H3,(H,28,29). The molecule has 0 aliphatic carbocycles. The Morgan fingerprint density at radius 3 is 2.59 bits per heavy atom.